The summed E-state index contributed by atoms with van der Waals surface area (Å²) in [4.78, 5) is 11.4. The molecule has 17 heavy (non-hydrogen) atoms. The van der Waals surface area contributed by atoms with Crippen molar-refractivity contribution >= 4 is 11.7 Å². The van der Waals surface area contributed by atoms with Gasteiger partial charge < -0.3 is 15.7 Å². The number of aliphatic hydroxyl groups excluding tert-OH is 1. The maximum absolute atomic E-state index is 11.4. The summed E-state index contributed by atoms with van der Waals surface area (Å²) in [5, 5.41) is 14.8. The largest absolute Gasteiger partial charge is 0.389 e. The standard InChI is InChI=1S/C13H20N2O2/c1-3-4-9-14-13(17)15-12-7-5-11(6-8-12)10(2)16/h5-8,10,16H,3-4,9H2,1-2H3,(H2,14,15,17). The fraction of sp³-hybridized carbons (Fsp3) is 0.462. The van der Waals surface area contributed by atoms with Gasteiger partial charge in [-0.1, -0.05) is 25.5 Å². The number of rotatable bonds is 5. The predicted molar refractivity (Wildman–Crippen MR) is 69.0 cm³/mol. The van der Waals surface area contributed by atoms with Gasteiger partial charge in [0.05, 0.1) is 6.10 Å². The van der Waals surface area contributed by atoms with E-state index in [1.807, 2.05) is 0 Å². The molecule has 0 aliphatic rings. The van der Waals surface area contributed by atoms with Crippen LogP contribution in [-0.4, -0.2) is 17.7 Å². The quantitative estimate of drug-likeness (QED) is 0.688. The highest BCUT2D eigenvalue weighted by molar-refractivity contribution is 5.89. The SMILES string of the molecule is CCCCNC(=O)Nc1ccc(C(C)O)cc1. The van der Waals surface area contributed by atoms with Crippen molar-refractivity contribution in [3.63, 3.8) is 0 Å². The molecule has 0 fully saturated rings. The molecule has 0 heterocycles. The molecule has 1 aromatic rings. The van der Waals surface area contributed by atoms with Crippen molar-refractivity contribution in [2.75, 3.05) is 11.9 Å². The third-order valence-electron chi connectivity index (χ3n) is 2.47. The Kier molecular flexibility index (Phi) is 5.49. The number of benzene rings is 1. The first kappa shape index (κ1) is 13.5. The fourth-order valence-corrected chi connectivity index (χ4v) is 1.40. The summed E-state index contributed by atoms with van der Waals surface area (Å²) in [6.45, 7) is 4.47. The zero-order valence-corrected chi connectivity index (χ0v) is 10.4. The van der Waals surface area contributed by atoms with Crippen molar-refractivity contribution in [1.82, 2.24) is 5.32 Å². The van der Waals surface area contributed by atoms with E-state index in [-0.39, 0.29) is 6.03 Å². The van der Waals surface area contributed by atoms with Gasteiger partial charge in [-0.25, -0.2) is 4.79 Å². The number of carbonyl (C=O) groups is 1. The number of urea groups is 1. The Balaban J connectivity index is 2.43. The summed E-state index contributed by atoms with van der Waals surface area (Å²) < 4.78 is 0. The molecule has 0 spiro atoms. The molecule has 0 aliphatic carbocycles. The molecule has 1 aromatic carbocycles. The minimum Gasteiger partial charge on any atom is -0.389 e. The first-order chi connectivity index (χ1) is 8.13. The van der Waals surface area contributed by atoms with Gasteiger partial charge in [0, 0.05) is 12.2 Å². The van der Waals surface area contributed by atoms with Crippen LogP contribution >= 0.6 is 0 Å². The van der Waals surface area contributed by atoms with Gasteiger partial charge in [0.15, 0.2) is 0 Å². The van der Waals surface area contributed by atoms with Crippen LogP contribution in [0.4, 0.5) is 10.5 Å². The zero-order valence-electron chi connectivity index (χ0n) is 10.4. The molecule has 1 rings (SSSR count). The molecule has 2 amide bonds. The first-order valence-electron chi connectivity index (χ1n) is 5.96. The van der Waals surface area contributed by atoms with E-state index < -0.39 is 6.10 Å². The Morgan fingerprint density at radius 2 is 2.00 bits per heavy atom. The van der Waals surface area contributed by atoms with E-state index in [1.54, 1.807) is 31.2 Å². The van der Waals surface area contributed by atoms with Crippen molar-refractivity contribution in [1.29, 1.82) is 0 Å². The summed E-state index contributed by atoms with van der Waals surface area (Å²) in [6.07, 6.45) is 1.56. The van der Waals surface area contributed by atoms with Crippen LogP contribution in [0.2, 0.25) is 0 Å². The number of aliphatic hydroxyl groups is 1. The number of amides is 2. The number of hydrogen-bond acceptors (Lipinski definition) is 2. The van der Waals surface area contributed by atoms with Crippen molar-refractivity contribution in [3.05, 3.63) is 29.8 Å². The fourth-order valence-electron chi connectivity index (χ4n) is 1.40. The lowest BCUT2D eigenvalue weighted by Crippen LogP contribution is -2.29. The van der Waals surface area contributed by atoms with Crippen LogP contribution in [-0.2, 0) is 0 Å². The summed E-state index contributed by atoms with van der Waals surface area (Å²) in [7, 11) is 0. The number of hydrogen-bond donors (Lipinski definition) is 3. The van der Waals surface area contributed by atoms with Gasteiger partial charge >= 0.3 is 6.03 Å². The molecular formula is C13H20N2O2. The lowest BCUT2D eigenvalue weighted by molar-refractivity contribution is 0.199. The first-order valence-corrected chi connectivity index (χ1v) is 5.96. The Bertz CT molecular complexity index is 347. The van der Waals surface area contributed by atoms with E-state index in [9.17, 15) is 9.90 Å². The third kappa shape index (κ3) is 4.87. The van der Waals surface area contributed by atoms with Crippen molar-refractivity contribution in [2.24, 2.45) is 0 Å². The molecule has 0 aromatic heterocycles. The molecule has 0 saturated carbocycles. The third-order valence-corrected chi connectivity index (χ3v) is 2.47. The number of unbranched alkanes of at least 4 members (excludes halogenated alkanes) is 1. The van der Waals surface area contributed by atoms with E-state index in [1.165, 1.54) is 0 Å². The molecule has 94 valence electrons. The van der Waals surface area contributed by atoms with Gasteiger partial charge in [-0.05, 0) is 31.0 Å². The second-order valence-corrected chi connectivity index (χ2v) is 4.03. The van der Waals surface area contributed by atoms with E-state index in [4.69, 9.17) is 0 Å². The second-order valence-electron chi connectivity index (χ2n) is 4.03. The Hall–Kier alpha value is -1.55. The minimum absolute atomic E-state index is 0.191. The number of anilines is 1. The van der Waals surface area contributed by atoms with Crippen LogP contribution in [0.3, 0.4) is 0 Å². The van der Waals surface area contributed by atoms with Crippen molar-refractivity contribution in [3.8, 4) is 0 Å². The van der Waals surface area contributed by atoms with E-state index >= 15 is 0 Å². The van der Waals surface area contributed by atoms with Crippen LogP contribution in [0.25, 0.3) is 0 Å². The summed E-state index contributed by atoms with van der Waals surface area (Å²) in [5.41, 5.74) is 1.56. The Labute approximate surface area is 102 Å². The molecule has 3 N–H and O–H groups in total. The van der Waals surface area contributed by atoms with Gasteiger partial charge in [0.1, 0.15) is 0 Å². The van der Waals surface area contributed by atoms with Gasteiger partial charge in [0.2, 0.25) is 0 Å². The molecule has 4 heteroatoms. The van der Waals surface area contributed by atoms with Crippen LogP contribution in [0.5, 0.6) is 0 Å². The van der Waals surface area contributed by atoms with Crippen LogP contribution in [0, 0.1) is 0 Å². The van der Waals surface area contributed by atoms with Gasteiger partial charge in [-0.3, -0.25) is 0 Å². The summed E-state index contributed by atoms with van der Waals surface area (Å²) >= 11 is 0. The van der Waals surface area contributed by atoms with E-state index in [2.05, 4.69) is 17.6 Å². The Morgan fingerprint density at radius 3 is 2.53 bits per heavy atom. The van der Waals surface area contributed by atoms with Gasteiger partial charge in [0.25, 0.3) is 0 Å². The van der Waals surface area contributed by atoms with E-state index in [0.29, 0.717) is 6.54 Å². The monoisotopic (exact) mass is 236 g/mol. The summed E-state index contributed by atoms with van der Waals surface area (Å²) in [6, 6.07) is 6.96. The maximum atomic E-state index is 11.4. The lowest BCUT2D eigenvalue weighted by Gasteiger charge is -2.09. The average Bonchev–Trinajstić information content (AvgIpc) is 2.30. The van der Waals surface area contributed by atoms with Gasteiger partial charge in [-0.15, -0.1) is 0 Å². The average molecular weight is 236 g/mol. The molecule has 4 nitrogen and oxygen atoms in total. The van der Waals surface area contributed by atoms with Crippen molar-refractivity contribution < 1.29 is 9.90 Å². The molecule has 1 atom stereocenters. The maximum Gasteiger partial charge on any atom is 0.319 e. The minimum atomic E-state index is -0.484. The molecule has 1 unspecified atom stereocenters. The molecule has 0 saturated heterocycles. The highest BCUT2D eigenvalue weighted by atomic mass is 16.3. The van der Waals surface area contributed by atoms with Gasteiger partial charge in [-0.2, -0.15) is 0 Å². The van der Waals surface area contributed by atoms with Crippen molar-refractivity contribution in [2.45, 2.75) is 32.8 Å². The smallest absolute Gasteiger partial charge is 0.319 e. The number of carbonyl (C=O) groups excluding carboxylic acids is 1. The summed E-state index contributed by atoms with van der Waals surface area (Å²) in [5.74, 6) is 0. The zero-order chi connectivity index (χ0) is 12.7. The van der Waals surface area contributed by atoms with E-state index in [0.717, 1.165) is 24.1 Å². The normalized spacial score (nSPS) is 11.9. The molecule has 0 radical (unpaired) electrons. The molecule has 0 bridgehead atoms. The lowest BCUT2D eigenvalue weighted by atomic mass is 10.1. The van der Waals surface area contributed by atoms with Crippen LogP contribution < -0.4 is 10.6 Å². The second kappa shape index (κ2) is 6.91. The molecule has 0 aliphatic heterocycles. The number of nitrogens with one attached hydrogen (secondary N) is 2. The highest BCUT2D eigenvalue weighted by Crippen LogP contribution is 2.15. The topological polar surface area (TPSA) is 61.4 Å². The predicted octanol–water partition coefficient (Wildman–Crippen LogP) is 2.66. The van der Waals surface area contributed by atoms with Crippen LogP contribution in [0.15, 0.2) is 24.3 Å². The molecular weight excluding hydrogens is 216 g/mol. The highest BCUT2D eigenvalue weighted by Gasteiger charge is 2.02. The Morgan fingerprint density at radius 1 is 1.35 bits per heavy atom. The van der Waals surface area contributed by atoms with Crippen LogP contribution in [0.1, 0.15) is 38.4 Å².